The molecule has 0 N–H and O–H groups in total. The first-order chi connectivity index (χ1) is 13.9. The molecule has 0 aliphatic heterocycles. The Bertz CT molecular complexity index is 932. The molecule has 28 heavy (non-hydrogen) atoms. The summed E-state index contributed by atoms with van der Waals surface area (Å²) in [5, 5.41) is 4.27. The molecule has 3 heterocycles. The van der Waals surface area contributed by atoms with Crippen LogP contribution in [-0.4, -0.2) is 11.2 Å². The van der Waals surface area contributed by atoms with Crippen molar-refractivity contribution in [3.05, 3.63) is 71.4 Å². The number of nitrogens with zero attached hydrogens (tertiary/aromatic N) is 1. The second kappa shape index (κ2) is 9.26. The van der Waals surface area contributed by atoms with Crippen LogP contribution in [0.5, 0.6) is 5.75 Å². The van der Waals surface area contributed by atoms with E-state index >= 15 is 0 Å². The molecule has 0 aliphatic carbocycles. The molecule has 0 saturated heterocycles. The van der Waals surface area contributed by atoms with Crippen LogP contribution in [0.1, 0.15) is 32.6 Å². The number of thiophene rings is 2. The summed E-state index contributed by atoms with van der Waals surface area (Å²) in [5.74, 6) is 0.950. The quantitative estimate of drug-likeness (QED) is 0.257. The normalized spacial score (nSPS) is 11.0. The molecule has 3 aromatic heterocycles. The van der Waals surface area contributed by atoms with Crippen molar-refractivity contribution in [3.63, 3.8) is 0 Å². The van der Waals surface area contributed by atoms with Crippen molar-refractivity contribution in [3.8, 4) is 32.6 Å². The highest BCUT2D eigenvalue weighted by molar-refractivity contribution is 7.14. The molecular weight excluding hydrogens is 382 g/mol. The van der Waals surface area contributed by atoms with Gasteiger partial charge in [0.25, 0.3) is 0 Å². The van der Waals surface area contributed by atoms with Gasteiger partial charge in [0.1, 0.15) is 5.75 Å². The lowest BCUT2D eigenvalue weighted by atomic mass is 10.2. The van der Waals surface area contributed by atoms with Crippen LogP contribution in [0.25, 0.3) is 26.8 Å². The number of ether oxygens (including phenoxy) is 1. The fourth-order valence-electron chi connectivity index (χ4n) is 3.40. The lowest BCUT2D eigenvalue weighted by Gasteiger charge is -2.17. The number of para-hydroxylation sites is 2. The van der Waals surface area contributed by atoms with E-state index in [0.717, 1.165) is 24.5 Å². The molecule has 0 aliphatic rings. The Labute approximate surface area is 175 Å². The maximum absolute atomic E-state index is 6.24. The van der Waals surface area contributed by atoms with Gasteiger partial charge < -0.3 is 9.30 Å². The Morgan fingerprint density at radius 1 is 0.750 bits per heavy atom. The zero-order chi connectivity index (χ0) is 19.2. The van der Waals surface area contributed by atoms with E-state index in [9.17, 15) is 0 Å². The Hall–Kier alpha value is -2.30. The van der Waals surface area contributed by atoms with E-state index in [2.05, 4.69) is 82.9 Å². The van der Waals surface area contributed by atoms with Gasteiger partial charge >= 0.3 is 0 Å². The maximum atomic E-state index is 6.24. The third-order valence-electron chi connectivity index (χ3n) is 4.79. The Morgan fingerprint density at radius 3 is 2.04 bits per heavy atom. The third kappa shape index (κ3) is 4.08. The molecule has 0 unspecified atom stereocenters. The van der Waals surface area contributed by atoms with Crippen molar-refractivity contribution in [2.75, 3.05) is 6.61 Å². The number of aromatic nitrogens is 1. The Morgan fingerprint density at radius 2 is 1.43 bits per heavy atom. The average molecular weight is 408 g/mol. The first-order valence-corrected chi connectivity index (χ1v) is 11.7. The van der Waals surface area contributed by atoms with Crippen LogP contribution in [0, 0.1) is 0 Å². The molecular formula is C24H25NOS2. The Balaban J connectivity index is 1.73. The van der Waals surface area contributed by atoms with Crippen molar-refractivity contribution < 1.29 is 4.74 Å². The zero-order valence-corrected chi connectivity index (χ0v) is 17.8. The van der Waals surface area contributed by atoms with Gasteiger partial charge in [-0.05, 0) is 53.6 Å². The summed E-state index contributed by atoms with van der Waals surface area (Å²) in [6, 6.07) is 21.4. The molecule has 0 fully saturated rings. The van der Waals surface area contributed by atoms with Crippen LogP contribution in [0.2, 0.25) is 0 Å². The smallest absolute Gasteiger partial charge is 0.143 e. The molecule has 4 aromatic rings. The van der Waals surface area contributed by atoms with Crippen LogP contribution in [0.15, 0.2) is 71.4 Å². The van der Waals surface area contributed by atoms with E-state index in [1.807, 2.05) is 0 Å². The standard InChI is InChI=1S/C24H25NOS2/c1-2-3-4-7-16-26-22-11-6-5-10-19(22)25-20(23-12-8-17-27-23)14-15-21(25)24-13-9-18-28-24/h5-6,8-15,17-18H,2-4,7,16H2,1H3. The third-order valence-corrected chi connectivity index (χ3v) is 6.57. The topological polar surface area (TPSA) is 14.2 Å². The van der Waals surface area contributed by atoms with Gasteiger partial charge in [-0.1, -0.05) is 50.5 Å². The Kier molecular flexibility index (Phi) is 6.30. The molecule has 2 nitrogen and oxygen atoms in total. The van der Waals surface area contributed by atoms with Gasteiger partial charge in [0.15, 0.2) is 0 Å². The minimum absolute atomic E-state index is 0.765. The second-order valence-corrected chi connectivity index (χ2v) is 8.67. The summed E-state index contributed by atoms with van der Waals surface area (Å²) in [6.07, 6.45) is 4.84. The van der Waals surface area contributed by atoms with Crippen molar-refractivity contribution in [2.24, 2.45) is 0 Å². The summed E-state index contributed by atoms with van der Waals surface area (Å²) >= 11 is 3.54. The molecule has 0 radical (unpaired) electrons. The predicted octanol–water partition coefficient (Wildman–Crippen LogP) is 7.89. The van der Waals surface area contributed by atoms with Gasteiger partial charge in [0, 0.05) is 0 Å². The van der Waals surface area contributed by atoms with Crippen molar-refractivity contribution in [1.29, 1.82) is 0 Å². The van der Waals surface area contributed by atoms with Gasteiger partial charge in [-0.15, -0.1) is 22.7 Å². The number of benzene rings is 1. The predicted molar refractivity (Wildman–Crippen MR) is 122 cm³/mol. The number of hydrogen-bond acceptors (Lipinski definition) is 3. The van der Waals surface area contributed by atoms with Crippen LogP contribution in [0.3, 0.4) is 0 Å². The second-order valence-electron chi connectivity index (χ2n) is 6.77. The monoisotopic (exact) mass is 407 g/mol. The summed E-state index contributed by atoms with van der Waals surface area (Å²) in [5.41, 5.74) is 3.52. The van der Waals surface area contributed by atoms with Crippen molar-refractivity contribution in [1.82, 2.24) is 4.57 Å². The van der Waals surface area contributed by atoms with Gasteiger partial charge in [-0.2, -0.15) is 0 Å². The van der Waals surface area contributed by atoms with Gasteiger partial charge in [0.05, 0.1) is 33.4 Å². The van der Waals surface area contributed by atoms with Crippen LogP contribution in [-0.2, 0) is 0 Å². The molecule has 4 rings (SSSR count). The average Bonchev–Trinajstić information content (AvgIpc) is 3.48. The van der Waals surface area contributed by atoms with Gasteiger partial charge in [0.2, 0.25) is 0 Å². The van der Waals surface area contributed by atoms with E-state index in [1.54, 1.807) is 22.7 Å². The number of unbranched alkanes of at least 4 members (excludes halogenated alkanes) is 3. The number of hydrogen-bond donors (Lipinski definition) is 0. The van der Waals surface area contributed by atoms with Crippen molar-refractivity contribution >= 4 is 22.7 Å². The van der Waals surface area contributed by atoms with E-state index in [-0.39, 0.29) is 0 Å². The molecule has 0 atom stereocenters. The fraction of sp³-hybridized carbons (Fsp3) is 0.250. The lowest BCUT2D eigenvalue weighted by molar-refractivity contribution is 0.304. The summed E-state index contributed by atoms with van der Waals surface area (Å²) in [7, 11) is 0. The SMILES string of the molecule is CCCCCCOc1ccccc1-n1c(-c2cccs2)ccc1-c1cccs1. The molecule has 4 heteroatoms. The minimum atomic E-state index is 0.765. The minimum Gasteiger partial charge on any atom is -0.491 e. The van der Waals surface area contributed by atoms with E-state index in [1.165, 1.54) is 40.4 Å². The molecule has 0 spiro atoms. The number of rotatable bonds is 9. The van der Waals surface area contributed by atoms with Crippen molar-refractivity contribution in [2.45, 2.75) is 32.6 Å². The van der Waals surface area contributed by atoms with Crippen LogP contribution >= 0.6 is 22.7 Å². The molecule has 1 aromatic carbocycles. The zero-order valence-electron chi connectivity index (χ0n) is 16.1. The molecule has 144 valence electrons. The summed E-state index contributed by atoms with van der Waals surface area (Å²) in [6.45, 7) is 3.00. The first-order valence-electron chi connectivity index (χ1n) is 9.90. The molecule has 0 saturated carbocycles. The van der Waals surface area contributed by atoms with E-state index < -0.39 is 0 Å². The highest BCUT2D eigenvalue weighted by Crippen LogP contribution is 2.38. The van der Waals surface area contributed by atoms with E-state index in [0.29, 0.717) is 0 Å². The fourth-order valence-corrected chi connectivity index (χ4v) is 4.89. The largest absolute Gasteiger partial charge is 0.491 e. The van der Waals surface area contributed by atoms with Crippen LogP contribution < -0.4 is 4.74 Å². The highest BCUT2D eigenvalue weighted by atomic mass is 32.1. The van der Waals surface area contributed by atoms with Crippen LogP contribution in [0.4, 0.5) is 0 Å². The maximum Gasteiger partial charge on any atom is 0.143 e. The summed E-state index contributed by atoms with van der Waals surface area (Å²) < 4.78 is 8.58. The van der Waals surface area contributed by atoms with Gasteiger partial charge in [-0.3, -0.25) is 0 Å². The molecule has 0 bridgehead atoms. The highest BCUT2D eigenvalue weighted by Gasteiger charge is 2.17. The lowest BCUT2D eigenvalue weighted by Crippen LogP contribution is -2.04. The molecule has 0 amide bonds. The van der Waals surface area contributed by atoms with E-state index in [4.69, 9.17) is 4.74 Å². The first kappa shape index (κ1) is 19.0. The summed E-state index contributed by atoms with van der Waals surface area (Å²) in [4.78, 5) is 2.53. The van der Waals surface area contributed by atoms with Gasteiger partial charge in [-0.25, -0.2) is 0 Å².